The summed E-state index contributed by atoms with van der Waals surface area (Å²) in [6.07, 6.45) is 40.2. The SMILES string of the molecule is CCCCCC=CCC=CCCCCCCCC(=O)OCCC(CCCCCCCCCC)OC(=O)CCCCCCC. The van der Waals surface area contributed by atoms with Gasteiger partial charge < -0.3 is 9.47 Å². The molecule has 0 fully saturated rings. The summed E-state index contributed by atoms with van der Waals surface area (Å²) in [7, 11) is 0. The Balaban J connectivity index is 4.03. The summed E-state index contributed by atoms with van der Waals surface area (Å²) < 4.78 is 11.4. The Labute approximate surface area is 268 Å². The molecule has 0 N–H and O–H groups in total. The molecule has 4 nitrogen and oxygen atoms in total. The van der Waals surface area contributed by atoms with Crippen molar-refractivity contribution in [3.63, 3.8) is 0 Å². The van der Waals surface area contributed by atoms with Crippen molar-refractivity contribution in [1.29, 1.82) is 0 Å². The van der Waals surface area contributed by atoms with Gasteiger partial charge in [-0.2, -0.15) is 0 Å². The Morgan fingerprint density at radius 2 is 0.930 bits per heavy atom. The van der Waals surface area contributed by atoms with Crippen molar-refractivity contribution < 1.29 is 19.1 Å². The van der Waals surface area contributed by atoms with Crippen molar-refractivity contribution in [1.82, 2.24) is 0 Å². The number of hydrogen-bond donors (Lipinski definition) is 0. The number of carbonyl (C=O) groups excluding carboxylic acids is 2. The van der Waals surface area contributed by atoms with Crippen LogP contribution in [0.4, 0.5) is 0 Å². The summed E-state index contributed by atoms with van der Waals surface area (Å²) in [5.41, 5.74) is 0. The maximum absolute atomic E-state index is 12.5. The molecule has 0 radical (unpaired) electrons. The van der Waals surface area contributed by atoms with E-state index in [1.807, 2.05) is 0 Å². The molecule has 0 amide bonds. The first-order valence-corrected chi connectivity index (χ1v) is 18.8. The number of unbranched alkanes of at least 4 members (excludes halogenated alkanes) is 19. The average molecular weight is 605 g/mol. The Bertz CT molecular complexity index is 654. The van der Waals surface area contributed by atoms with Crippen LogP contribution in [0.3, 0.4) is 0 Å². The molecule has 0 saturated heterocycles. The van der Waals surface area contributed by atoms with E-state index in [2.05, 4.69) is 45.1 Å². The minimum Gasteiger partial charge on any atom is -0.466 e. The number of carbonyl (C=O) groups is 2. The highest BCUT2D eigenvalue weighted by molar-refractivity contribution is 5.69. The van der Waals surface area contributed by atoms with Crippen LogP contribution < -0.4 is 0 Å². The molecule has 1 unspecified atom stereocenters. The van der Waals surface area contributed by atoms with Crippen LogP contribution in [-0.2, 0) is 19.1 Å². The molecule has 0 aliphatic heterocycles. The minimum absolute atomic E-state index is 0.0856. The predicted molar refractivity (Wildman–Crippen MR) is 185 cm³/mol. The summed E-state index contributed by atoms with van der Waals surface area (Å²) in [4.78, 5) is 24.7. The fourth-order valence-electron chi connectivity index (χ4n) is 5.34. The van der Waals surface area contributed by atoms with Crippen LogP contribution in [0.5, 0.6) is 0 Å². The van der Waals surface area contributed by atoms with Gasteiger partial charge in [-0.25, -0.2) is 0 Å². The van der Waals surface area contributed by atoms with Crippen LogP contribution in [0.2, 0.25) is 0 Å². The molecular weight excluding hydrogens is 532 g/mol. The van der Waals surface area contributed by atoms with Crippen molar-refractivity contribution in [2.75, 3.05) is 6.61 Å². The summed E-state index contributed by atoms with van der Waals surface area (Å²) in [6, 6.07) is 0. The lowest BCUT2D eigenvalue weighted by atomic mass is 10.0. The zero-order valence-corrected chi connectivity index (χ0v) is 29.0. The summed E-state index contributed by atoms with van der Waals surface area (Å²) in [6.45, 7) is 7.05. The zero-order chi connectivity index (χ0) is 31.5. The van der Waals surface area contributed by atoms with E-state index in [0.717, 1.165) is 51.4 Å². The van der Waals surface area contributed by atoms with Gasteiger partial charge >= 0.3 is 11.9 Å². The third-order valence-corrected chi connectivity index (χ3v) is 8.20. The molecular formula is C39H72O4. The molecule has 0 rings (SSSR count). The number of allylic oxidation sites excluding steroid dienone is 4. The summed E-state index contributed by atoms with van der Waals surface area (Å²) in [5.74, 6) is -0.198. The van der Waals surface area contributed by atoms with Gasteiger partial charge in [0.1, 0.15) is 6.10 Å². The van der Waals surface area contributed by atoms with Gasteiger partial charge in [-0.1, -0.05) is 148 Å². The van der Waals surface area contributed by atoms with Crippen LogP contribution >= 0.6 is 0 Å². The highest BCUT2D eigenvalue weighted by Gasteiger charge is 2.15. The van der Waals surface area contributed by atoms with Gasteiger partial charge in [-0.05, 0) is 57.8 Å². The molecule has 0 aromatic rings. The first kappa shape index (κ1) is 41.4. The number of ether oxygens (including phenoxy) is 2. The van der Waals surface area contributed by atoms with Gasteiger partial charge in [0, 0.05) is 19.3 Å². The lowest BCUT2D eigenvalue weighted by Crippen LogP contribution is -2.21. The van der Waals surface area contributed by atoms with Crippen molar-refractivity contribution in [3.8, 4) is 0 Å². The average Bonchev–Trinajstić information content (AvgIpc) is 3.00. The van der Waals surface area contributed by atoms with Crippen molar-refractivity contribution in [2.24, 2.45) is 0 Å². The van der Waals surface area contributed by atoms with Gasteiger partial charge in [-0.3, -0.25) is 9.59 Å². The Morgan fingerprint density at radius 1 is 0.488 bits per heavy atom. The van der Waals surface area contributed by atoms with E-state index in [4.69, 9.17) is 9.47 Å². The zero-order valence-electron chi connectivity index (χ0n) is 29.0. The van der Waals surface area contributed by atoms with E-state index in [1.165, 1.54) is 109 Å². The summed E-state index contributed by atoms with van der Waals surface area (Å²) in [5, 5.41) is 0. The molecule has 0 aliphatic carbocycles. The molecule has 4 heteroatoms. The van der Waals surface area contributed by atoms with Crippen LogP contribution in [-0.4, -0.2) is 24.6 Å². The van der Waals surface area contributed by atoms with Gasteiger partial charge in [0.2, 0.25) is 0 Å². The highest BCUT2D eigenvalue weighted by Crippen LogP contribution is 2.16. The Morgan fingerprint density at radius 3 is 1.51 bits per heavy atom. The number of rotatable bonds is 33. The fraction of sp³-hybridized carbons (Fsp3) is 0.846. The van der Waals surface area contributed by atoms with Gasteiger partial charge in [0.05, 0.1) is 6.61 Å². The fourth-order valence-corrected chi connectivity index (χ4v) is 5.34. The third-order valence-electron chi connectivity index (χ3n) is 8.20. The Hall–Kier alpha value is -1.58. The molecule has 1 atom stereocenters. The van der Waals surface area contributed by atoms with Crippen LogP contribution in [0, 0.1) is 0 Å². The first-order valence-electron chi connectivity index (χ1n) is 18.8. The molecule has 0 heterocycles. The normalized spacial score (nSPS) is 12.3. The highest BCUT2D eigenvalue weighted by atomic mass is 16.6. The minimum atomic E-state index is -0.133. The lowest BCUT2D eigenvalue weighted by molar-refractivity contribution is -0.151. The topological polar surface area (TPSA) is 52.6 Å². The third kappa shape index (κ3) is 33.2. The molecule has 252 valence electrons. The van der Waals surface area contributed by atoms with Crippen LogP contribution in [0.15, 0.2) is 24.3 Å². The second kappa shape index (κ2) is 34.9. The second-order valence-corrected chi connectivity index (χ2v) is 12.5. The second-order valence-electron chi connectivity index (χ2n) is 12.5. The smallest absolute Gasteiger partial charge is 0.306 e. The van der Waals surface area contributed by atoms with Gasteiger partial charge in [-0.15, -0.1) is 0 Å². The summed E-state index contributed by atoms with van der Waals surface area (Å²) >= 11 is 0. The van der Waals surface area contributed by atoms with E-state index in [-0.39, 0.29) is 18.0 Å². The van der Waals surface area contributed by atoms with Gasteiger partial charge in [0.15, 0.2) is 0 Å². The van der Waals surface area contributed by atoms with E-state index in [1.54, 1.807) is 0 Å². The quantitative estimate of drug-likeness (QED) is 0.0425. The molecule has 0 aliphatic rings. The van der Waals surface area contributed by atoms with Crippen LogP contribution in [0.25, 0.3) is 0 Å². The van der Waals surface area contributed by atoms with E-state index in [9.17, 15) is 9.59 Å². The van der Waals surface area contributed by atoms with E-state index < -0.39 is 0 Å². The molecule has 0 bridgehead atoms. The standard InChI is InChI=1S/C39H72O4/c1-4-7-10-13-15-17-18-19-20-21-22-23-25-28-30-33-38(40)42-36-35-37(32-29-27-24-16-14-11-8-5-2)43-39(41)34-31-26-12-9-6-3/h15,17,19-20,37H,4-14,16,18,21-36H2,1-3H3. The van der Waals surface area contributed by atoms with E-state index >= 15 is 0 Å². The predicted octanol–water partition coefficient (Wildman–Crippen LogP) is 12.5. The molecule has 0 aromatic carbocycles. The number of hydrogen-bond acceptors (Lipinski definition) is 4. The van der Waals surface area contributed by atoms with Crippen molar-refractivity contribution in [2.45, 2.75) is 207 Å². The van der Waals surface area contributed by atoms with Gasteiger partial charge in [0.25, 0.3) is 0 Å². The largest absolute Gasteiger partial charge is 0.466 e. The van der Waals surface area contributed by atoms with Crippen LogP contribution in [0.1, 0.15) is 201 Å². The number of esters is 2. The molecule has 43 heavy (non-hydrogen) atoms. The first-order chi connectivity index (χ1) is 21.1. The Kier molecular flexibility index (Phi) is 33.6. The molecule has 0 spiro atoms. The van der Waals surface area contributed by atoms with Crippen molar-refractivity contribution in [3.05, 3.63) is 24.3 Å². The van der Waals surface area contributed by atoms with Crippen molar-refractivity contribution >= 4 is 11.9 Å². The lowest BCUT2D eigenvalue weighted by Gasteiger charge is -2.18. The maximum Gasteiger partial charge on any atom is 0.306 e. The molecule has 0 saturated carbocycles. The monoisotopic (exact) mass is 605 g/mol. The van der Waals surface area contributed by atoms with E-state index in [0.29, 0.717) is 25.9 Å². The molecule has 0 aromatic heterocycles. The maximum atomic E-state index is 12.5.